The maximum Gasteiger partial charge on any atom is 0.139 e. The van der Waals surface area contributed by atoms with Crippen molar-refractivity contribution >= 4 is 17.4 Å². The van der Waals surface area contributed by atoms with E-state index in [4.69, 9.17) is 22.7 Å². The van der Waals surface area contributed by atoms with Crippen LogP contribution in [0.2, 0.25) is 5.02 Å². The molecule has 48 valence electrons. The first kappa shape index (κ1) is 6.16. The van der Waals surface area contributed by atoms with Gasteiger partial charge in [0.1, 0.15) is 5.84 Å². The Morgan fingerprint density at radius 1 is 1.78 bits per heavy atom. The Morgan fingerprint density at radius 3 is 2.67 bits per heavy atom. The first-order valence-electron chi connectivity index (χ1n) is 2.38. The van der Waals surface area contributed by atoms with Crippen LogP contribution in [0.5, 0.6) is 0 Å². The van der Waals surface area contributed by atoms with Crippen molar-refractivity contribution in [2.24, 2.45) is 5.73 Å². The SMILES string of the molecule is N=C(N)c1cc(Cl)c[nH]1. The van der Waals surface area contributed by atoms with Gasteiger partial charge in [-0.25, -0.2) is 0 Å². The molecule has 0 spiro atoms. The Bertz CT molecular complexity index is 228. The normalized spacial score (nSPS) is 9.44. The lowest BCUT2D eigenvalue weighted by atomic mass is 10.4. The van der Waals surface area contributed by atoms with Crippen molar-refractivity contribution in [1.29, 1.82) is 5.41 Å². The molecule has 0 saturated carbocycles. The number of H-pyrrole nitrogens is 1. The second kappa shape index (κ2) is 2.11. The quantitative estimate of drug-likeness (QED) is 0.398. The minimum atomic E-state index is 0.00176. The summed E-state index contributed by atoms with van der Waals surface area (Å²) in [6.45, 7) is 0. The second-order valence-corrected chi connectivity index (χ2v) is 2.08. The zero-order chi connectivity index (χ0) is 6.85. The predicted molar refractivity (Wildman–Crippen MR) is 36.8 cm³/mol. The van der Waals surface area contributed by atoms with Crippen molar-refractivity contribution in [2.45, 2.75) is 0 Å². The van der Waals surface area contributed by atoms with Crippen LogP contribution in [0.15, 0.2) is 12.3 Å². The highest BCUT2D eigenvalue weighted by Crippen LogP contribution is 2.07. The first-order chi connectivity index (χ1) is 4.20. The smallest absolute Gasteiger partial charge is 0.139 e. The van der Waals surface area contributed by atoms with E-state index < -0.39 is 0 Å². The third kappa shape index (κ3) is 1.23. The molecule has 1 rings (SSSR count). The topological polar surface area (TPSA) is 65.7 Å². The van der Waals surface area contributed by atoms with E-state index in [1.165, 1.54) is 0 Å². The summed E-state index contributed by atoms with van der Waals surface area (Å²) >= 11 is 5.52. The van der Waals surface area contributed by atoms with E-state index in [1.807, 2.05) is 0 Å². The van der Waals surface area contributed by atoms with Crippen LogP contribution < -0.4 is 5.73 Å². The third-order valence-electron chi connectivity index (χ3n) is 0.938. The van der Waals surface area contributed by atoms with Crippen LogP contribution >= 0.6 is 11.6 Å². The molecule has 0 aliphatic carbocycles. The molecule has 0 aliphatic rings. The number of nitrogens with two attached hydrogens (primary N) is 1. The number of amidine groups is 1. The van der Waals surface area contributed by atoms with Crippen molar-refractivity contribution in [3.63, 3.8) is 0 Å². The molecule has 0 fully saturated rings. The van der Waals surface area contributed by atoms with E-state index in [0.29, 0.717) is 10.7 Å². The number of hydrogen-bond acceptors (Lipinski definition) is 1. The van der Waals surface area contributed by atoms with Gasteiger partial charge in [0.25, 0.3) is 0 Å². The Labute approximate surface area is 57.3 Å². The fraction of sp³-hybridized carbons (Fsp3) is 0. The number of rotatable bonds is 1. The van der Waals surface area contributed by atoms with Gasteiger partial charge in [0.15, 0.2) is 0 Å². The molecule has 0 bridgehead atoms. The van der Waals surface area contributed by atoms with Crippen molar-refractivity contribution in [3.05, 3.63) is 23.0 Å². The Hall–Kier alpha value is -0.960. The van der Waals surface area contributed by atoms with Gasteiger partial charge in [-0.15, -0.1) is 0 Å². The Morgan fingerprint density at radius 2 is 2.44 bits per heavy atom. The minimum Gasteiger partial charge on any atom is -0.382 e. The highest BCUT2D eigenvalue weighted by molar-refractivity contribution is 6.30. The fourth-order valence-electron chi connectivity index (χ4n) is 0.523. The zero-order valence-corrected chi connectivity index (χ0v) is 5.37. The average Bonchev–Trinajstić information content (AvgIpc) is 2.14. The van der Waals surface area contributed by atoms with Gasteiger partial charge in [-0.3, -0.25) is 5.41 Å². The third-order valence-corrected chi connectivity index (χ3v) is 1.16. The fourth-order valence-corrected chi connectivity index (χ4v) is 0.687. The van der Waals surface area contributed by atoms with Crippen LogP contribution in [0.1, 0.15) is 5.69 Å². The number of aromatic nitrogens is 1. The zero-order valence-electron chi connectivity index (χ0n) is 4.61. The van der Waals surface area contributed by atoms with E-state index in [-0.39, 0.29) is 5.84 Å². The highest BCUT2D eigenvalue weighted by atomic mass is 35.5. The average molecular weight is 144 g/mol. The van der Waals surface area contributed by atoms with Gasteiger partial charge in [-0.05, 0) is 6.07 Å². The van der Waals surface area contributed by atoms with Gasteiger partial charge in [-0.1, -0.05) is 11.6 Å². The molecule has 0 atom stereocenters. The number of nitrogens with one attached hydrogen (secondary N) is 2. The summed E-state index contributed by atoms with van der Waals surface area (Å²) in [7, 11) is 0. The molecule has 0 saturated heterocycles. The van der Waals surface area contributed by atoms with Gasteiger partial charge < -0.3 is 10.7 Å². The summed E-state index contributed by atoms with van der Waals surface area (Å²) in [4.78, 5) is 2.72. The molecule has 1 aromatic rings. The number of hydrogen-bond donors (Lipinski definition) is 3. The van der Waals surface area contributed by atoms with Crippen LogP contribution in [-0.2, 0) is 0 Å². The maximum absolute atomic E-state index is 6.94. The number of nitrogen functional groups attached to an aromatic ring is 1. The van der Waals surface area contributed by atoms with E-state index in [1.54, 1.807) is 12.3 Å². The van der Waals surface area contributed by atoms with Crippen LogP contribution in [-0.4, -0.2) is 10.8 Å². The highest BCUT2D eigenvalue weighted by Gasteiger charge is 1.96. The Balaban J connectivity index is 2.98. The lowest BCUT2D eigenvalue weighted by molar-refractivity contribution is 1.31. The number of halogens is 1. The number of aromatic amines is 1. The van der Waals surface area contributed by atoms with Crippen molar-refractivity contribution in [1.82, 2.24) is 4.98 Å². The maximum atomic E-state index is 6.94. The first-order valence-corrected chi connectivity index (χ1v) is 2.76. The van der Waals surface area contributed by atoms with Crippen molar-refractivity contribution < 1.29 is 0 Å². The summed E-state index contributed by atoms with van der Waals surface area (Å²) < 4.78 is 0. The molecule has 1 heterocycles. The lowest BCUT2D eigenvalue weighted by Gasteiger charge is -1.86. The Kier molecular flexibility index (Phi) is 1.44. The van der Waals surface area contributed by atoms with Gasteiger partial charge >= 0.3 is 0 Å². The van der Waals surface area contributed by atoms with Crippen LogP contribution in [0.3, 0.4) is 0 Å². The van der Waals surface area contributed by atoms with Gasteiger partial charge in [0.2, 0.25) is 0 Å². The van der Waals surface area contributed by atoms with Crippen LogP contribution in [0.25, 0.3) is 0 Å². The van der Waals surface area contributed by atoms with E-state index in [9.17, 15) is 0 Å². The van der Waals surface area contributed by atoms with Crippen LogP contribution in [0, 0.1) is 5.41 Å². The van der Waals surface area contributed by atoms with Gasteiger partial charge in [0.05, 0.1) is 10.7 Å². The summed E-state index contributed by atoms with van der Waals surface area (Å²) in [6, 6.07) is 1.60. The summed E-state index contributed by atoms with van der Waals surface area (Å²) in [6.07, 6.45) is 1.58. The summed E-state index contributed by atoms with van der Waals surface area (Å²) in [5.41, 5.74) is 5.68. The largest absolute Gasteiger partial charge is 0.382 e. The summed E-state index contributed by atoms with van der Waals surface area (Å²) in [5, 5.41) is 7.51. The molecule has 4 N–H and O–H groups in total. The van der Waals surface area contributed by atoms with E-state index in [0.717, 1.165) is 0 Å². The lowest BCUT2D eigenvalue weighted by Crippen LogP contribution is -2.10. The van der Waals surface area contributed by atoms with E-state index >= 15 is 0 Å². The predicted octanol–water partition coefficient (Wildman–Crippen LogP) is 0.952. The molecule has 0 radical (unpaired) electrons. The molecule has 0 amide bonds. The monoisotopic (exact) mass is 143 g/mol. The van der Waals surface area contributed by atoms with Crippen molar-refractivity contribution in [3.8, 4) is 0 Å². The standard InChI is InChI=1S/C5H6ClN3/c6-3-1-4(5(7)8)9-2-3/h1-2,9H,(H3,7,8). The molecule has 9 heavy (non-hydrogen) atoms. The summed E-state index contributed by atoms with van der Waals surface area (Å²) in [5.74, 6) is 0.00176. The molecule has 0 aromatic carbocycles. The van der Waals surface area contributed by atoms with Gasteiger partial charge in [-0.2, -0.15) is 0 Å². The molecular weight excluding hydrogens is 138 g/mol. The molecule has 0 aliphatic heterocycles. The second-order valence-electron chi connectivity index (χ2n) is 1.65. The molecule has 0 unspecified atom stereocenters. The molecule has 3 nitrogen and oxygen atoms in total. The minimum absolute atomic E-state index is 0.00176. The molecule has 1 aromatic heterocycles. The van der Waals surface area contributed by atoms with Crippen LogP contribution in [0.4, 0.5) is 0 Å². The van der Waals surface area contributed by atoms with E-state index in [2.05, 4.69) is 4.98 Å². The van der Waals surface area contributed by atoms with Gasteiger partial charge in [0, 0.05) is 6.20 Å². The molecule has 4 heteroatoms. The van der Waals surface area contributed by atoms with Crippen molar-refractivity contribution in [2.75, 3.05) is 0 Å². The molecular formula is C5H6ClN3.